The molecule has 1 aliphatic heterocycles. The minimum Gasteiger partial charge on any atom is -0.309 e. The van der Waals surface area contributed by atoms with Gasteiger partial charge in [-0.2, -0.15) is 4.99 Å². The summed E-state index contributed by atoms with van der Waals surface area (Å²) >= 11 is 1.09. The number of para-hydroxylation sites is 1. The molecule has 1 aromatic carbocycles. The molecule has 0 spiro atoms. The molecule has 0 radical (unpaired) electrons. The number of carbonyl (C=O) groups excluding carboxylic acids is 2. The molecule has 6 nitrogen and oxygen atoms in total. The van der Waals surface area contributed by atoms with Crippen LogP contribution in [0.3, 0.4) is 0 Å². The first-order valence-electron chi connectivity index (χ1n) is 6.72. The third kappa shape index (κ3) is 3.88. The SMILES string of the molecule is C=C1N=NC(SCC(=O)N(c2ccccc2)C(C)C)=NC1=O. The van der Waals surface area contributed by atoms with Gasteiger partial charge in [0.15, 0.2) is 0 Å². The van der Waals surface area contributed by atoms with Crippen molar-refractivity contribution in [1.29, 1.82) is 0 Å². The van der Waals surface area contributed by atoms with E-state index in [0.717, 1.165) is 17.4 Å². The molecule has 2 rings (SSSR count). The Hall–Kier alpha value is -2.28. The van der Waals surface area contributed by atoms with Crippen LogP contribution in [0.2, 0.25) is 0 Å². The van der Waals surface area contributed by atoms with Crippen molar-refractivity contribution in [2.45, 2.75) is 19.9 Å². The van der Waals surface area contributed by atoms with Crippen molar-refractivity contribution in [2.24, 2.45) is 15.2 Å². The highest BCUT2D eigenvalue weighted by atomic mass is 32.2. The standard InChI is InChI=1S/C15H16N4O2S/c1-10(2)19(12-7-5-4-6-8-12)13(20)9-22-15-16-14(21)11(3)17-18-15/h4-8,10H,3,9H2,1-2H3. The van der Waals surface area contributed by atoms with Crippen LogP contribution in [0.15, 0.2) is 57.8 Å². The van der Waals surface area contributed by atoms with Gasteiger partial charge in [-0.05, 0) is 26.0 Å². The summed E-state index contributed by atoms with van der Waals surface area (Å²) in [7, 11) is 0. The number of nitrogens with zero attached hydrogens (tertiary/aromatic N) is 4. The third-order valence-electron chi connectivity index (χ3n) is 2.84. The van der Waals surface area contributed by atoms with Crippen LogP contribution in [-0.2, 0) is 9.59 Å². The van der Waals surface area contributed by atoms with E-state index >= 15 is 0 Å². The third-order valence-corrected chi connectivity index (χ3v) is 3.67. The van der Waals surface area contributed by atoms with Crippen molar-refractivity contribution in [1.82, 2.24) is 0 Å². The highest BCUT2D eigenvalue weighted by molar-refractivity contribution is 8.14. The van der Waals surface area contributed by atoms with E-state index in [1.54, 1.807) is 4.90 Å². The lowest BCUT2D eigenvalue weighted by Crippen LogP contribution is -2.38. The van der Waals surface area contributed by atoms with E-state index < -0.39 is 5.91 Å². The largest absolute Gasteiger partial charge is 0.309 e. The molecule has 0 bridgehead atoms. The molecule has 0 saturated heterocycles. The Morgan fingerprint density at radius 2 is 1.95 bits per heavy atom. The van der Waals surface area contributed by atoms with Crippen molar-refractivity contribution < 1.29 is 9.59 Å². The van der Waals surface area contributed by atoms with Gasteiger partial charge in [-0.25, -0.2) is 0 Å². The van der Waals surface area contributed by atoms with Gasteiger partial charge >= 0.3 is 0 Å². The van der Waals surface area contributed by atoms with Crippen molar-refractivity contribution in [2.75, 3.05) is 10.7 Å². The lowest BCUT2D eigenvalue weighted by atomic mass is 10.2. The van der Waals surface area contributed by atoms with Crippen LogP contribution in [-0.4, -0.2) is 28.8 Å². The number of carbonyl (C=O) groups is 2. The van der Waals surface area contributed by atoms with Gasteiger partial charge in [-0.3, -0.25) is 9.59 Å². The topological polar surface area (TPSA) is 74.5 Å². The Morgan fingerprint density at radius 1 is 1.27 bits per heavy atom. The molecule has 0 unspecified atom stereocenters. The van der Waals surface area contributed by atoms with Crippen LogP contribution in [0.25, 0.3) is 0 Å². The molecule has 1 heterocycles. The smallest absolute Gasteiger partial charge is 0.299 e. The quantitative estimate of drug-likeness (QED) is 0.801. The summed E-state index contributed by atoms with van der Waals surface area (Å²) < 4.78 is 0. The fraction of sp³-hybridized carbons (Fsp3) is 0.267. The average Bonchev–Trinajstić information content (AvgIpc) is 2.49. The van der Waals surface area contributed by atoms with Gasteiger partial charge in [0.05, 0.1) is 5.75 Å². The number of azo groups is 1. The molecule has 7 heteroatoms. The predicted octanol–water partition coefficient (Wildman–Crippen LogP) is 3.02. The predicted molar refractivity (Wildman–Crippen MR) is 88.0 cm³/mol. The number of hydrogen-bond donors (Lipinski definition) is 0. The minimum absolute atomic E-state index is 0.00349. The maximum Gasteiger partial charge on any atom is 0.299 e. The molecule has 0 saturated carbocycles. The summed E-state index contributed by atoms with van der Waals surface area (Å²) in [4.78, 5) is 29.2. The first-order valence-corrected chi connectivity index (χ1v) is 7.71. The molecule has 0 atom stereocenters. The molecule has 0 N–H and O–H groups in total. The van der Waals surface area contributed by atoms with Crippen LogP contribution in [0.1, 0.15) is 13.8 Å². The Labute approximate surface area is 133 Å². The fourth-order valence-electron chi connectivity index (χ4n) is 1.90. The summed E-state index contributed by atoms with van der Waals surface area (Å²) in [5.74, 6) is -0.473. The van der Waals surface area contributed by atoms with E-state index in [1.807, 2.05) is 44.2 Å². The molecule has 0 fully saturated rings. The summed E-state index contributed by atoms with van der Waals surface area (Å²) in [5, 5.41) is 7.55. The van der Waals surface area contributed by atoms with E-state index in [-0.39, 0.29) is 28.6 Å². The lowest BCUT2D eigenvalue weighted by Gasteiger charge is -2.26. The minimum atomic E-state index is -0.520. The Balaban J connectivity index is 2.04. The summed E-state index contributed by atoms with van der Waals surface area (Å²) in [6, 6.07) is 9.45. The van der Waals surface area contributed by atoms with Gasteiger partial charge in [-0.1, -0.05) is 36.5 Å². The highest BCUT2D eigenvalue weighted by Crippen LogP contribution is 2.20. The normalized spacial score (nSPS) is 14.2. The van der Waals surface area contributed by atoms with Gasteiger partial charge in [0.2, 0.25) is 11.1 Å². The van der Waals surface area contributed by atoms with E-state index in [1.165, 1.54) is 0 Å². The van der Waals surface area contributed by atoms with Crippen molar-refractivity contribution in [3.8, 4) is 0 Å². The van der Waals surface area contributed by atoms with Crippen LogP contribution < -0.4 is 4.90 Å². The monoisotopic (exact) mass is 316 g/mol. The molecule has 0 aliphatic carbocycles. The number of benzene rings is 1. The summed E-state index contributed by atoms with van der Waals surface area (Å²) in [6.07, 6.45) is 0. The van der Waals surface area contributed by atoms with Crippen molar-refractivity contribution in [3.05, 3.63) is 42.6 Å². The number of amidine groups is 1. The number of anilines is 1. The van der Waals surface area contributed by atoms with Crippen molar-refractivity contribution >= 4 is 34.4 Å². The van der Waals surface area contributed by atoms with E-state index in [0.29, 0.717) is 0 Å². The van der Waals surface area contributed by atoms with Gasteiger partial charge in [-0.15, -0.1) is 10.2 Å². The number of thioether (sulfide) groups is 1. The van der Waals surface area contributed by atoms with E-state index in [2.05, 4.69) is 21.8 Å². The number of rotatable bonds is 4. The lowest BCUT2D eigenvalue weighted by molar-refractivity contribution is -0.116. The zero-order chi connectivity index (χ0) is 16.1. The van der Waals surface area contributed by atoms with Crippen molar-refractivity contribution in [3.63, 3.8) is 0 Å². The maximum atomic E-state index is 12.4. The highest BCUT2D eigenvalue weighted by Gasteiger charge is 2.21. The molecule has 22 heavy (non-hydrogen) atoms. The van der Waals surface area contributed by atoms with Gasteiger partial charge in [0, 0.05) is 11.7 Å². The fourth-order valence-corrected chi connectivity index (χ4v) is 2.53. The first kappa shape index (κ1) is 16.1. The molecule has 114 valence electrons. The zero-order valence-electron chi connectivity index (χ0n) is 12.4. The Bertz CT molecular complexity index is 653. The van der Waals surface area contributed by atoms with Crippen LogP contribution in [0.5, 0.6) is 0 Å². The van der Waals surface area contributed by atoms with Crippen LogP contribution >= 0.6 is 11.8 Å². The molecule has 1 aliphatic rings. The Kier molecular flexibility index (Phi) is 5.21. The Morgan fingerprint density at radius 3 is 2.55 bits per heavy atom. The molecule has 2 amide bonds. The maximum absolute atomic E-state index is 12.4. The van der Waals surface area contributed by atoms with Crippen LogP contribution in [0, 0.1) is 0 Å². The summed E-state index contributed by atoms with van der Waals surface area (Å²) in [5.41, 5.74) is 0.837. The first-order chi connectivity index (χ1) is 10.5. The number of hydrogen-bond acceptors (Lipinski definition) is 5. The second-order valence-corrected chi connectivity index (χ2v) is 5.77. The molecular weight excluding hydrogens is 300 g/mol. The molecule has 0 aromatic heterocycles. The molecule has 1 aromatic rings. The van der Waals surface area contributed by atoms with Gasteiger partial charge in [0.1, 0.15) is 5.70 Å². The van der Waals surface area contributed by atoms with Gasteiger partial charge < -0.3 is 4.90 Å². The average molecular weight is 316 g/mol. The van der Waals surface area contributed by atoms with E-state index in [9.17, 15) is 9.59 Å². The summed E-state index contributed by atoms with van der Waals surface area (Å²) in [6.45, 7) is 7.31. The van der Waals surface area contributed by atoms with E-state index in [4.69, 9.17) is 0 Å². The second-order valence-electron chi connectivity index (χ2n) is 4.83. The zero-order valence-corrected chi connectivity index (χ0v) is 13.2. The van der Waals surface area contributed by atoms with Gasteiger partial charge in [0.25, 0.3) is 5.91 Å². The number of aliphatic imine (C=N–C) groups is 1. The number of amides is 2. The van der Waals surface area contributed by atoms with Crippen LogP contribution in [0.4, 0.5) is 5.69 Å². The second kappa shape index (κ2) is 7.13. The molecular formula is C15H16N4O2S.